The molecule has 1 aromatic heterocycles. The summed E-state index contributed by atoms with van der Waals surface area (Å²) in [5.74, 6) is 1.35. The number of pyridine rings is 1. The van der Waals surface area contributed by atoms with E-state index in [2.05, 4.69) is 40.1 Å². The Bertz CT molecular complexity index is 271. The smallest absolute Gasteiger partial charge is 0.126 e. The van der Waals surface area contributed by atoms with Crippen LogP contribution in [0.25, 0.3) is 0 Å². The molecular formula is C10H16BrN3. The first-order chi connectivity index (χ1) is 6.59. The quantitative estimate of drug-likeness (QED) is 0.870. The highest BCUT2D eigenvalue weighted by Gasteiger charge is 2.06. The summed E-state index contributed by atoms with van der Waals surface area (Å²) in [5.41, 5.74) is 5.89. The SMILES string of the molecule is CC(C)C(N)CNc1ccc(Br)cn1. The van der Waals surface area contributed by atoms with Crippen molar-refractivity contribution in [3.05, 3.63) is 22.8 Å². The van der Waals surface area contributed by atoms with E-state index in [9.17, 15) is 0 Å². The Labute approximate surface area is 93.2 Å². The van der Waals surface area contributed by atoms with Crippen molar-refractivity contribution in [1.29, 1.82) is 0 Å². The summed E-state index contributed by atoms with van der Waals surface area (Å²) in [4.78, 5) is 4.20. The van der Waals surface area contributed by atoms with Crippen molar-refractivity contribution in [2.45, 2.75) is 19.9 Å². The zero-order valence-corrected chi connectivity index (χ0v) is 10.1. The second kappa shape index (κ2) is 5.32. The summed E-state index contributed by atoms with van der Waals surface area (Å²) in [5, 5.41) is 3.20. The number of rotatable bonds is 4. The lowest BCUT2D eigenvalue weighted by Crippen LogP contribution is -2.34. The van der Waals surface area contributed by atoms with Crippen LogP contribution in [-0.4, -0.2) is 17.6 Å². The molecule has 0 aromatic carbocycles. The molecule has 0 bridgehead atoms. The van der Waals surface area contributed by atoms with Gasteiger partial charge in [0, 0.05) is 23.3 Å². The lowest BCUT2D eigenvalue weighted by molar-refractivity contribution is 0.511. The fourth-order valence-electron chi connectivity index (χ4n) is 0.939. The topological polar surface area (TPSA) is 50.9 Å². The fourth-order valence-corrected chi connectivity index (χ4v) is 1.17. The van der Waals surface area contributed by atoms with Gasteiger partial charge in [0.25, 0.3) is 0 Å². The van der Waals surface area contributed by atoms with Crippen molar-refractivity contribution in [3.63, 3.8) is 0 Å². The van der Waals surface area contributed by atoms with E-state index >= 15 is 0 Å². The molecule has 0 saturated carbocycles. The van der Waals surface area contributed by atoms with E-state index in [4.69, 9.17) is 5.73 Å². The molecule has 1 atom stereocenters. The zero-order chi connectivity index (χ0) is 10.6. The molecule has 1 aromatic rings. The molecule has 4 heteroatoms. The van der Waals surface area contributed by atoms with Gasteiger partial charge in [-0.3, -0.25) is 0 Å². The lowest BCUT2D eigenvalue weighted by Gasteiger charge is -2.16. The van der Waals surface area contributed by atoms with E-state index in [1.165, 1.54) is 0 Å². The van der Waals surface area contributed by atoms with Gasteiger partial charge in [-0.05, 0) is 34.0 Å². The molecule has 3 N–H and O–H groups in total. The number of nitrogens with two attached hydrogens (primary N) is 1. The highest BCUT2D eigenvalue weighted by molar-refractivity contribution is 9.10. The van der Waals surface area contributed by atoms with Crippen LogP contribution < -0.4 is 11.1 Å². The standard InChI is InChI=1S/C10H16BrN3/c1-7(2)9(12)6-14-10-4-3-8(11)5-13-10/h3-5,7,9H,6,12H2,1-2H3,(H,13,14). The van der Waals surface area contributed by atoms with E-state index in [-0.39, 0.29) is 6.04 Å². The van der Waals surface area contributed by atoms with Crippen LogP contribution in [0.2, 0.25) is 0 Å². The number of halogens is 1. The maximum absolute atomic E-state index is 5.89. The molecule has 0 amide bonds. The van der Waals surface area contributed by atoms with E-state index < -0.39 is 0 Å². The van der Waals surface area contributed by atoms with E-state index in [1.807, 2.05) is 12.1 Å². The minimum absolute atomic E-state index is 0.167. The van der Waals surface area contributed by atoms with Gasteiger partial charge in [0.1, 0.15) is 5.82 Å². The lowest BCUT2D eigenvalue weighted by atomic mass is 10.1. The van der Waals surface area contributed by atoms with Crippen LogP contribution in [0.4, 0.5) is 5.82 Å². The fraction of sp³-hybridized carbons (Fsp3) is 0.500. The molecule has 1 unspecified atom stereocenters. The number of nitrogens with one attached hydrogen (secondary N) is 1. The molecule has 1 rings (SSSR count). The molecule has 0 aliphatic carbocycles. The van der Waals surface area contributed by atoms with Crippen molar-refractivity contribution in [3.8, 4) is 0 Å². The van der Waals surface area contributed by atoms with Crippen molar-refractivity contribution < 1.29 is 0 Å². The minimum Gasteiger partial charge on any atom is -0.369 e. The average molecular weight is 258 g/mol. The first-order valence-electron chi connectivity index (χ1n) is 4.70. The highest BCUT2D eigenvalue weighted by Crippen LogP contribution is 2.10. The molecule has 0 spiro atoms. The Morgan fingerprint density at radius 2 is 2.21 bits per heavy atom. The molecule has 78 valence electrons. The summed E-state index contributed by atoms with van der Waals surface area (Å²) in [6.07, 6.45) is 1.77. The summed E-state index contributed by atoms with van der Waals surface area (Å²) in [6, 6.07) is 4.05. The second-order valence-corrected chi connectivity index (χ2v) is 4.57. The molecule has 0 aliphatic rings. The molecule has 0 saturated heterocycles. The van der Waals surface area contributed by atoms with Gasteiger partial charge < -0.3 is 11.1 Å². The summed E-state index contributed by atoms with van der Waals surface area (Å²) >= 11 is 3.33. The molecular weight excluding hydrogens is 242 g/mol. The van der Waals surface area contributed by atoms with Crippen molar-refractivity contribution in [2.75, 3.05) is 11.9 Å². The van der Waals surface area contributed by atoms with Gasteiger partial charge in [-0.25, -0.2) is 4.98 Å². The van der Waals surface area contributed by atoms with Crippen LogP contribution in [0.1, 0.15) is 13.8 Å². The summed E-state index contributed by atoms with van der Waals surface area (Å²) in [7, 11) is 0. The maximum Gasteiger partial charge on any atom is 0.126 e. The van der Waals surface area contributed by atoms with Gasteiger partial charge >= 0.3 is 0 Å². The monoisotopic (exact) mass is 257 g/mol. The van der Waals surface area contributed by atoms with E-state index in [0.29, 0.717) is 5.92 Å². The van der Waals surface area contributed by atoms with Gasteiger partial charge in [0.05, 0.1) is 0 Å². The Hall–Kier alpha value is -0.610. The number of hydrogen-bond donors (Lipinski definition) is 2. The van der Waals surface area contributed by atoms with Gasteiger partial charge in [-0.1, -0.05) is 13.8 Å². The van der Waals surface area contributed by atoms with Gasteiger partial charge in [0.2, 0.25) is 0 Å². The largest absolute Gasteiger partial charge is 0.369 e. The minimum atomic E-state index is 0.167. The maximum atomic E-state index is 5.89. The van der Waals surface area contributed by atoms with Crippen LogP contribution in [-0.2, 0) is 0 Å². The van der Waals surface area contributed by atoms with Crippen LogP contribution in [0.15, 0.2) is 22.8 Å². The molecule has 14 heavy (non-hydrogen) atoms. The van der Waals surface area contributed by atoms with E-state index in [1.54, 1.807) is 6.20 Å². The number of hydrogen-bond acceptors (Lipinski definition) is 3. The first kappa shape index (κ1) is 11.5. The van der Waals surface area contributed by atoms with E-state index in [0.717, 1.165) is 16.8 Å². The Kier molecular flexibility index (Phi) is 4.35. The molecule has 0 aliphatic heterocycles. The van der Waals surface area contributed by atoms with Gasteiger partial charge in [-0.15, -0.1) is 0 Å². The predicted molar refractivity (Wildman–Crippen MR) is 63.2 cm³/mol. The molecule has 1 heterocycles. The number of aromatic nitrogens is 1. The van der Waals surface area contributed by atoms with Crippen LogP contribution in [0.5, 0.6) is 0 Å². The molecule has 0 fully saturated rings. The molecule has 3 nitrogen and oxygen atoms in total. The first-order valence-corrected chi connectivity index (χ1v) is 5.50. The highest BCUT2D eigenvalue weighted by atomic mass is 79.9. The normalized spacial score (nSPS) is 12.9. The van der Waals surface area contributed by atoms with Crippen molar-refractivity contribution in [1.82, 2.24) is 4.98 Å². The summed E-state index contributed by atoms with van der Waals surface area (Å²) in [6.45, 7) is 4.98. The third-order valence-corrected chi connectivity index (χ3v) is 2.57. The average Bonchev–Trinajstić information content (AvgIpc) is 2.16. The van der Waals surface area contributed by atoms with Crippen LogP contribution >= 0.6 is 15.9 Å². The summed E-state index contributed by atoms with van der Waals surface area (Å²) < 4.78 is 0.983. The Morgan fingerprint density at radius 1 is 1.50 bits per heavy atom. The van der Waals surface area contributed by atoms with Crippen molar-refractivity contribution in [2.24, 2.45) is 11.7 Å². The third-order valence-electron chi connectivity index (χ3n) is 2.10. The second-order valence-electron chi connectivity index (χ2n) is 3.65. The van der Waals surface area contributed by atoms with Gasteiger partial charge in [0.15, 0.2) is 0 Å². The zero-order valence-electron chi connectivity index (χ0n) is 8.50. The predicted octanol–water partition coefficient (Wildman–Crippen LogP) is 2.24. The van der Waals surface area contributed by atoms with Crippen molar-refractivity contribution >= 4 is 21.7 Å². The van der Waals surface area contributed by atoms with Crippen LogP contribution in [0, 0.1) is 5.92 Å². The Balaban J connectivity index is 2.42. The number of nitrogens with zero attached hydrogens (tertiary/aromatic N) is 1. The number of anilines is 1. The van der Waals surface area contributed by atoms with Crippen LogP contribution in [0.3, 0.4) is 0 Å². The molecule has 0 radical (unpaired) electrons. The van der Waals surface area contributed by atoms with Gasteiger partial charge in [-0.2, -0.15) is 0 Å². The Morgan fingerprint density at radius 3 is 2.71 bits per heavy atom. The third kappa shape index (κ3) is 3.64.